The van der Waals surface area contributed by atoms with Crippen LogP contribution in [0.1, 0.15) is 36.7 Å². The molecule has 0 amide bonds. The SMILES string of the molecule is CCc1c(C(C)=O)ccc(S(=O)(=O)CC)c1F. The second kappa shape index (κ2) is 4.96. The van der Waals surface area contributed by atoms with E-state index < -0.39 is 15.7 Å². The maximum atomic E-state index is 14.0. The van der Waals surface area contributed by atoms with E-state index in [4.69, 9.17) is 0 Å². The lowest BCUT2D eigenvalue weighted by molar-refractivity contribution is 0.101. The molecule has 1 aromatic carbocycles. The zero-order valence-corrected chi connectivity index (χ0v) is 10.9. The third-order valence-corrected chi connectivity index (χ3v) is 4.40. The van der Waals surface area contributed by atoms with Gasteiger partial charge in [-0.05, 0) is 31.0 Å². The van der Waals surface area contributed by atoms with Gasteiger partial charge >= 0.3 is 0 Å². The lowest BCUT2D eigenvalue weighted by atomic mass is 10.0. The number of rotatable bonds is 4. The van der Waals surface area contributed by atoms with Crippen LogP contribution in [0.5, 0.6) is 0 Å². The first-order valence-electron chi connectivity index (χ1n) is 5.40. The molecule has 1 rings (SSSR count). The van der Waals surface area contributed by atoms with Crippen molar-refractivity contribution in [3.05, 3.63) is 29.1 Å². The van der Waals surface area contributed by atoms with Crippen LogP contribution in [-0.2, 0) is 16.3 Å². The van der Waals surface area contributed by atoms with Crippen LogP contribution in [0.2, 0.25) is 0 Å². The first-order valence-corrected chi connectivity index (χ1v) is 7.05. The van der Waals surface area contributed by atoms with Crippen molar-refractivity contribution >= 4 is 15.6 Å². The van der Waals surface area contributed by atoms with Crippen LogP contribution in [0.25, 0.3) is 0 Å². The standard InChI is InChI=1S/C12H15FO3S/c1-4-9-10(8(3)14)6-7-11(12(9)13)17(15,16)5-2/h6-7H,4-5H2,1-3H3. The lowest BCUT2D eigenvalue weighted by Crippen LogP contribution is -2.11. The number of sulfone groups is 1. The van der Waals surface area contributed by atoms with Gasteiger partial charge in [0.1, 0.15) is 10.7 Å². The van der Waals surface area contributed by atoms with Crippen LogP contribution >= 0.6 is 0 Å². The highest BCUT2D eigenvalue weighted by atomic mass is 32.2. The molecule has 0 aromatic heterocycles. The van der Waals surface area contributed by atoms with Crippen molar-refractivity contribution in [2.75, 3.05) is 5.75 Å². The van der Waals surface area contributed by atoms with Crippen LogP contribution in [-0.4, -0.2) is 20.0 Å². The minimum atomic E-state index is -3.59. The number of ketones is 1. The molecule has 0 unspecified atom stereocenters. The average molecular weight is 258 g/mol. The van der Waals surface area contributed by atoms with E-state index in [2.05, 4.69) is 0 Å². The van der Waals surface area contributed by atoms with E-state index in [1.54, 1.807) is 6.92 Å². The third kappa shape index (κ3) is 2.54. The highest BCUT2D eigenvalue weighted by molar-refractivity contribution is 7.91. The predicted octanol–water partition coefficient (Wildman–Crippen LogP) is 2.38. The molecule has 17 heavy (non-hydrogen) atoms. The Kier molecular flexibility index (Phi) is 4.03. The summed E-state index contributed by atoms with van der Waals surface area (Å²) in [6, 6.07) is 2.55. The van der Waals surface area contributed by atoms with Gasteiger partial charge in [0.05, 0.1) is 5.75 Å². The molecule has 94 valence electrons. The number of carbonyl (C=O) groups excluding carboxylic acids is 1. The van der Waals surface area contributed by atoms with Crippen molar-refractivity contribution < 1.29 is 17.6 Å². The first kappa shape index (κ1) is 13.8. The van der Waals surface area contributed by atoms with E-state index in [1.165, 1.54) is 26.0 Å². The maximum Gasteiger partial charge on any atom is 0.181 e. The fourth-order valence-corrected chi connectivity index (χ4v) is 2.65. The van der Waals surface area contributed by atoms with Gasteiger partial charge in [0, 0.05) is 5.56 Å². The Morgan fingerprint density at radius 3 is 2.29 bits per heavy atom. The smallest absolute Gasteiger partial charge is 0.181 e. The molecule has 0 aliphatic heterocycles. The highest BCUT2D eigenvalue weighted by Crippen LogP contribution is 2.23. The van der Waals surface area contributed by atoms with Gasteiger partial charge in [-0.15, -0.1) is 0 Å². The molecule has 0 fully saturated rings. The van der Waals surface area contributed by atoms with Crippen LogP contribution in [0.3, 0.4) is 0 Å². The largest absolute Gasteiger partial charge is 0.294 e. The van der Waals surface area contributed by atoms with Crippen molar-refractivity contribution in [1.82, 2.24) is 0 Å². The summed E-state index contributed by atoms with van der Waals surface area (Å²) in [6.45, 7) is 4.48. The Labute approximate surface area is 101 Å². The molecular weight excluding hydrogens is 243 g/mol. The topological polar surface area (TPSA) is 51.2 Å². The molecule has 0 aliphatic rings. The molecule has 0 heterocycles. The number of hydrogen-bond donors (Lipinski definition) is 0. The summed E-state index contributed by atoms with van der Waals surface area (Å²) in [4.78, 5) is 11.0. The van der Waals surface area contributed by atoms with Crippen LogP contribution in [0, 0.1) is 5.82 Å². The second-order valence-electron chi connectivity index (χ2n) is 3.72. The van der Waals surface area contributed by atoms with Gasteiger partial charge in [-0.25, -0.2) is 12.8 Å². The Hall–Kier alpha value is -1.23. The molecule has 0 aliphatic carbocycles. The zero-order chi connectivity index (χ0) is 13.2. The lowest BCUT2D eigenvalue weighted by Gasteiger charge is -2.10. The van der Waals surface area contributed by atoms with Crippen LogP contribution in [0.4, 0.5) is 4.39 Å². The quantitative estimate of drug-likeness (QED) is 0.779. The number of halogens is 1. The Morgan fingerprint density at radius 2 is 1.88 bits per heavy atom. The summed E-state index contributed by atoms with van der Waals surface area (Å²) in [5.41, 5.74) is 0.423. The molecule has 0 saturated heterocycles. The molecule has 0 radical (unpaired) electrons. The average Bonchev–Trinajstić information content (AvgIpc) is 2.27. The van der Waals surface area contributed by atoms with Gasteiger partial charge in [0.15, 0.2) is 15.6 Å². The molecule has 0 bridgehead atoms. The van der Waals surface area contributed by atoms with Crippen molar-refractivity contribution in [1.29, 1.82) is 0 Å². The highest BCUT2D eigenvalue weighted by Gasteiger charge is 2.22. The van der Waals surface area contributed by atoms with E-state index in [1.807, 2.05) is 0 Å². The van der Waals surface area contributed by atoms with Gasteiger partial charge in [-0.2, -0.15) is 0 Å². The van der Waals surface area contributed by atoms with Crippen LogP contribution in [0.15, 0.2) is 17.0 Å². The van der Waals surface area contributed by atoms with E-state index in [-0.39, 0.29) is 34.0 Å². The Morgan fingerprint density at radius 1 is 1.29 bits per heavy atom. The molecule has 0 N–H and O–H groups in total. The number of hydrogen-bond acceptors (Lipinski definition) is 3. The summed E-state index contributed by atoms with van der Waals surface area (Å²) in [6.07, 6.45) is 0.286. The molecule has 1 aromatic rings. The maximum absolute atomic E-state index is 14.0. The van der Waals surface area contributed by atoms with Gasteiger partial charge in [-0.1, -0.05) is 13.8 Å². The molecule has 0 atom stereocenters. The van der Waals surface area contributed by atoms with Crippen molar-refractivity contribution in [3.63, 3.8) is 0 Å². The minimum Gasteiger partial charge on any atom is -0.294 e. The van der Waals surface area contributed by atoms with Crippen molar-refractivity contribution in [2.45, 2.75) is 32.1 Å². The number of Topliss-reactive ketones (excluding diaryl/α,β-unsaturated/α-hetero) is 1. The fraction of sp³-hybridized carbons (Fsp3) is 0.417. The molecular formula is C12H15FO3S. The molecule has 0 saturated carbocycles. The van der Waals surface area contributed by atoms with E-state index in [0.29, 0.717) is 0 Å². The molecule has 3 nitrogen and oxygen atoms in total. The zero-order valence-electron chi connectivity index (χ0n) is 10.1. The van der Waals surface area contributed by atoms with Gasteiger partial charge < -0.3 is 0 Å². The second-order valence-corrected chi connectivity index (χ2v) is 5.96. The predicted molar refractivity (Wildman–Crippen MR) is 63.5 cm³/mol. The number of benzene rings is 1. The monoisotopic (exact) mass is 258 g/mol. The van der Waals surface area contributed by atoms with Crippen molar-refractivity contribution in [2.24, 2.45) is 0 Å². The van der Waals surface area contributed by atoms with Gasteiger partial charge in [-0.3, -0.25) is 4.79 Å². The van der Waals surface area contributed by atoms with E-state index >= 15 is 0 Å². The molecule has 0 spiro atoms. The minimum absolute atomic E-state index is 0.160. The number of carbonyl (C=O) groups is 1. The fourth-order valence-electron chi connectivity index (χ4n) is 1.67. The van der Waals surface area contributed by atoms with Crippen molar-refractivity contribution in [3.8, 4) is 0 Å². The summed E-state index contributed by atoms with van der Waals surface area (Å²) >= 11 is 0. The van der Waals surface area contributed by atoms with Gasteiger partial charge in [0.25, 0.3) is 0 Å². The summed E-state index contributed by atoms with van der Waals surface area (Å²) in [7, 11) is -3.59. The Bertz CT molecular complexity index is 547. The van der Waals surface area contributed by atoms with E-state index in [0.717, 1.165) is 0 Å². The first-order chi connectivity index (χ1) is 7.85. The normalized spacial score (nSPS) is 11.5. The van der Waals surface area contributed by atoms with E-state index in [9.17, 15) is 17.6 Å². The van der Waals surface area contributed by atoms with Crippen LogP contribution < -0.4 is 0 Å². The summed E-state index contributed by atoms with van der Waals surface area (Å²) < 4.78 is 37.3. The Balaban J connectivity index is 3.56. The summed E-state index contributed by atoms with van der Waals surface area (Å²) in [5, 5.41) is 0. The molecule has 5 heteroatoms. The summed E-state index contributed by atoms with van der Waals surface area (Å²) in [5.74, 6) is -1.21. The third-order valence-electron chi connectivity index (χ3n) is 2.66. The van der Waals surface area contributed by atoms with Gasteiger partial charge in [0.2, 0.25) is 0 Å².